The highest BCUT2D eigenvalue weighted by Gasteiger charge is 2.19. The van der Waals surface area contributed by atoms with Crippen LogP contribution in [0.5, 0.6) is 0 Å². The van der Waals surface area contributed by atoms with Gasteiger partial charge in [0.2, 0.25) is 0 Å². The Balaban J connectivity index is 2.34. The van der Waals surface area contributed by atoms with Gasteiger partial charge in [-0.1, -0.05) is 24.3 Å². The number of fused-ring (bicyclic) bond motifs is 3. The second-order valence-corrected chi connectivity index (χ2v) is 3.06. The van der Waals surface area contributed by atoms with Crippen molar-refractivity contribution in [2.75, 3.05) is 0 Å². The second kappa shape index (κ2) is 1.97. The predicted octanol–water partition coefficient (Wildman–Crippen LogP) is 1.98. The summed E-state index contributed by atoms with van der Waals surface area (Å²) in [5.74, 6) is 0. The minimum atomic E-state index is 1.01. The number of H-pyrrole nitrogens is 1. The summed E-state index contributed by atoms with van der Waals surface area (Å²) in [5.41, 5.74) is 5.04. The van der Waals surface area contributed by atoms with Crippen LogP contribution in [0.25, 0.3) is 11.3 Å². The highest BCUT2D eigenvalue weighted by molar-refractivity contribution is 5.71. The van der Waals surface area contributed by atoms with Gasteiger partial charge in [-0.2, -0.15) is 0 Å². The molecule has 3 rings (SSSR count). The number of hydrogen-bond donors (Lipinski definition) is 1. The molecule has 0 amide bonds. The molecule has 58 valence electrons. The normalized spacial score (nSPS) is 12.7. The lowest BCUT2D eigenvalue weighted by atomic mass is 10.1. The lowest BCUT2D eigenvalue weighted by Gasteiger charge is -1.94. The molecule has 0 unspecified atom stereocenters. The molecule has 0 atom stereocenters. The van der Waals surface area contributed by atoms with Gasteiger partial charge >= 0.3 is 0 Å². The molecule has 1 aromatic carbocycles. The molecule has 2 heteroatoms. The minimum Gasteiger partial charge on any atom is -0.348 e. The van der Waals surface area contributed by atoms with Crippen molar-refractivity contribution in [3.63, 3.8) is 0 Å². The molecule has 0 saturated heterocycles. The molecule has 2 aromatic rings. The maximum absolute atomic E-state index is 4.28. The first-order valence-corrected chi connectivity index (χ1v) is 4.05. The number of imidazole rings is 1. The number of nitrogens with zero attached hydrogens (tertiary/aromatic N) is 1. The van der Waals surface area contributed by atoms with Crippen molar-refractivity contribution in [1.82, 2.24) is 9.97 Å². The largest absolute Gasteiger partial charge is 0.348 e. The average Bonchev–Trinajstić information content (AvgIpc) is 2.62. The van der Waals surface area contributed by atoms with Gasteiger partial charge in [-0.05, 0) is 5.56 Å². The molecule has 0 spiro atoms. The van der Waals surface area contributed by atoms with E-state index in [1.54, 1.807) is 6.33 Å². The highest BCUT2D eigenvalue weighted by Crippen LogP contribution is 2.33. The van der Waals surface area contributed by atoms with Crippen LogP contribution in [0.3, 0.4) is 0 Å². The number of rotatable bonds is 0. The van der Waals surface area contributed by atoms with Crippen LogP contribution in [-0.4, -0.2) is 9.97 Å². The van der Waals surface area contributed by atoms with E-state index >= 15 is 0 Å². The van der Waals surface area contributed by atoms with E-state index in [1.807, 2.05) is 0 Å². The molecule has 1 N–H and O–H groups in total. The molecular weight excluding hydrogens is 148 g/mol. The van der Waals surface area contributed by atoms with E-state index in [0.717, 1.165) is 12.1 Å². The zero-order valence-corrected chi connectivity index (χ0v) is 6.54. The molecule has 2 nitrogen and oxygen atoms in total. The van der Waals surface area contributed by atoms with Crippen LogP contribution in [-0.2, 0) is 6.42 Å². The number of benzene rings is 1. The molecule has 0 fully saturated rings. The fourth-order valence-electron chi connectivity index (χ4n) is 1.78. The van der Waals surface area contributed by atoms with Crippen molar-refractivity contribution in [3.8, 4) is 11.3 Å². The van der Waals surface area contributed by atoms with Crippen molar-refractivity contribution in [3.05, 3.63) is 41.9 Å². The third kappa shape index (κ3) is 0.619. The monoisotopic (exact) mass is 156 g/mol. The van der Waals surface area contributed by atoms with Crippen molar-refractivity contribution in [1.29, 1.82) is 0 Å². The Morgan fingerprint density at radius 2 is 2.17 bits per heavy atom. The number of nitrogens with one attached hydrogen (secondary N) is 1. The average molecular weight is 156 g/mol. The van der Waals surface area contributed by atoms with E-state index < -0.39 is 0 Å². The Morgan fingerprint density at radius 3 is 3.17 bits per heavy atom. The van der Waals surface area contributed by atoms with Crippen LogP contribution < -0.4 is 0 Å². The third-order valence-electron chi connectivity index (χ3n) is 2.36. The zero-order valence-electron chi connectivity index (χ0n) is 6.54. The van der Waals surface area contributed by atoms with Gasteiger partial charge in [0.25, 0.3) is 0 Å². The van der Waals surface area contributed by atoms with Crippen LogP contribution >= 0.6 is 0 Å². The highest BCUT2D eigenvalue weighted by atomic mass is 14.9. The molecule has 1 heterocycles. The van der Waals surface area contributed by atoms with E-state index in [0.29, 0.717) is 0 Å². The Kier molecular flexibility index (Phi) is 0.987. The van der Waals surface area contributed by atoms with Crippen molar-refractivity contribution in [2.45, 2.75) is 6.42 Å². The Bertz CT molecular complexity index is 429. The molecule has 0 radical (unpaired) electrons. The van der Waals surface area contributed by atoms with Gasteiger partial charge in [0, 0.05) is 17.7 Å². The molecule has 0 saturated carbocycles. The summed E-state index contributed by atoms with van der Waals surface area (Å²) >= 11 is 0. The summed E-state index contributed by atoms with van der Waals surface area (Å²) in [7, 11) is 0. The number of aromatic amines is 1. The van der Waals surface area contributed by atoms with Gasteiger partial charge in [0.05, 0.1) is 12.0 Å². The third-order valence-corrected chi connectivity index (χ3v) is 2.36. The van der Waals surface area contributed by atoms with E-state index in [-0.39, 0.29) is 0 Å². The van der Waals surface area contributed by atoms with Gasteiger partial charge in [-0.3, -0.25) is 0 Å². The first kappa shape index (κ1) is 6.00. The minimum absolute atomic E-state index is 1.01. The fourth-order valence-corrected chi connectivity index (χ4v) is 1.78. The summed E-state index contributed by atoms with van der Waals surface area (Å²) in [4.78, 5) is 7.44. The van der Waals surface area contributed by atoms with Gasteiger partial charge in [0.15, 0.2) is 0 Å². The second-order valence-electron chi connectivity index (χ2n) is 3.06. The van der Waals surface area contributed by atoms with Crippen molar-refractivity contribution >= 4 is 0 Å². The first-order chi connectivity index (χ1) is 5.95. The molecule has 1 aliphatic carbocycles. The smallest absolute Gasteiger partial charge is 0.0929 e. The first-order valence-electron chi connectivity index (χ1n) is 4.05. The molecule has 12 heavy (non-hydrogen) atoms. The molecular formula is C10H8N2. The summed E-state index contributed by atoms with van der Waals surface area (Å²) in [6.45, 7) is 0. The topological polar surface area (TPSA) is 28.7 Å². The summed E-state index contributed by atoms with van der Waals surface area (Å²) < 4.78 is 0. The Hall–Kier alpha value is -1.57. The lowest BCUT2D eigenvalue weighted by molar-refractivity contribution is 1.14. The summed E-state index contributed by atoms with van der Waals surface area (Å²) in [6.07, 6.45) is 2.77. The summed E-state index contributed by atoms with van der Waals surface area (Å²) in [5, 5.41) is 0. The van der Waals surface area contributed by atoms with E-state index in [1.165, 1.54) is 16.8 Å². The fraction of sp³-hybridized carbons (Fsp3) is 0.100. The van der Waals surface area contributed by atoms with E-state index in [4.69, 9.17) is 0 Å². The lowest BCUT2D eigenvalue weighted by Crippen LogP contribution is -1.80. The molecule has 0 bridgehead atoms. The molecule has 1 aromatic heterocycles. The zero-order chi connectivity index (χ0) is 7.97. The Morgan fingerprint density at radius 1 is 1.25 bits per heavy atom. The van der Waals surface area contributed by atoms with E-state index in [9.17, 15) is 0 Å². The van der Waals surface area contributed by atoms with Gasteiger partial charge in [-0.25, -0.2) is 4.98 Å². The number of hydrogen-bond acceptors (Lipinski definition) is 1. The quantitative estimate of drug-likeness (QED) is 0.529. The van der Waals surface area contributed by atoms with Gasteiger partial charge in [-0.15, -0.1) is 0 Å². The van der Waals surface area contributed by atoms with Gasteiger partial charge < -0.3 is 4.98 Å². The van der Waals surface area contributed by atoms with Crippen molar-refractivity contribution < 1.29 is 0 Å². The maximum atomic E-state index is 4.28. The number of aromatic nitrogens is 2. The van der Waals surface area contributed by atoms with Crippen LogP contribution in [0.15, 0.2) is 30.6 Å². The maximum Gasteiger partial charge on any atom is 0.0929 e. The van der Waals surface area contributed by atoms with E-state index in [2.05, 4.69) is 34.2 Å². The Labute approximate surface area is 70.3 Å². The molecule has 1 aliphatic rings. The van der Waals surface area contributed by atoms with Crippen LogP contribution in [0.1, 0.15) is 11.3 Å². The standard InChI is InChI=1S/C10H8N2/c1-2-4-8-7(3-1)5-9-10(8)12-6-11-9/h1-4,6H,5H2,(H,11,12). The van der Waals surface area contributed by atoms with Crippen LogP contribution in [0.4, 0.5) is 0 Å². The SMILES string of the molecule is c1ccc2c(c1)Cc1[nH]cnc1-2. The van der Waals surface area contributed by atoms with Crippen LogP contribution in [0.2, 0.25) is 0 Å². The molecule has 0 aliphatic heterocycles. The van der Waals surface area contributed by atoms with Crippen molar-refractivity contribution in [2.24, 2.45) is 0 Å². The predicted molar refractivity (Wildman–Crippen MR) is 46.8 cm³/mol. The summed E-state index contributed by atoms with van der Waals surface area (Å²) in [6, 6.07) is 8.42. The van der Waals surface area contributed by atoms with Crippen LogP contribution in [0, 0.1) is 0 Å². The van der Waals surface area contributed by atoms with Gasteiger partial charge in [0.1, 0.15) is 0 Å².